The molecule has 2 aromatic carbocycles. The van der Waals surface area contributed by atoms with Gasteiger partial charge in [0.15, 0.2) is 0 Å². The van der Waals surface area contributed by atoms with E-state index in [-0.39, 0.29) is 17.7 Å². The molecule has 1 saturated heterocycles. The summed E-state index contributed by atoms with van der Waals surface area (Å²) >= 11 is 13.1. The molecule has 7 heteroatoms. The number of hydrogen-bond acceptors (Lipinski definition) is 3. The van der Waals surface area contributed by atoms with Gasteiger partial charge in [0, 0.05) is 27.1 Å². The number of halogens is 2. The van der Waals surface area contributed by atoms with E-state index < -0.39 is 0 Å². The van der Waals surface area contributed by atoms with Crippen molar-refractivity contribution >= 4 is 52.2 Å². The number of amides is 2. The van der Waals surface area contributed by atoms with Gasteiger partial charge in [-0.2, -0.15) is 0 Å². The highest BCUT2D eigenvalue weighted by Gasteiger charge is 2.35. The highest BCUT2D eigenvalue weighted by atomic mass is 35.5. The minimum atomic E-state index is -0.317. The third-order valence-corrected chi connectivity index (χ3v) is 7.29. The van der Waals surface area contributed by atoms with Crippen molar-refractivity contribution in [3.8, 4) is 5.69 Å². The monoisotopic (exact) mass is 484 g/mol. The Balaban J connectivity index is 1.66. The van der Waals surface area contributed by atoms with Gasteiger partial charge < -0.3 is 4.57 Å². The fraction of sp³-hybridized carbons (Fsp3) is 0.200. The summed E-state index contributed by atoms with van der Waals surface area (Å²) in [6, 6.07) is 13.3. The summed E-state index contributed by atoms with van der Waals surface area (Å²) in [7, 11) is 0. The standard InChI is InChI=1S/C25H22Cl2N2O2S/c1-14-6-5-7-22(16(14)3)29-15(2)10-19(17(29)4)11-23-24(30)28(25(31)32-23)13-18-8-9-20(26)12-21(18)27/h5-12H,13H2,1-4H3/b23-11-. The van der Waals surface area contributed by atoms with Gasteiger partial charge in [-0.05, 0) is 92.1 Å². The molecule has 0 spiro atoms. The molecule has 1 fully saturated rings. The fourth-order valence-corrected chi connectivity index (χ4v) is 5.18. The number of imide groups is 1. The Morgan fingerprint density at radius 1 is 1.00 bits per heavy atom. The average molecular weight is 485 g/mol. The fourth-order valence-electron chi connectivity index (χ4n) is 3.88. The molecule has 0 radical (unpaired) electrons. The van der Waals surface area contributed by atoms with Crippen molar-refractivity contribution in [3.05, 3.63) is 91.1 Å². The van der Waals surface area contributed by atoms with Gasteiger partial charge in [-0.3, -0.25) is 14.5 Å². The Labute approximate surface area is 201 Å². The first-order valence-corrected chi connectivity index (χ1v) is 11.7. The van der Waals surface area contributed by atoms with E-state index in [2.05, 4.69) is 30.5 Å². The quantitative estimate of drug-likeness (QED) is 0.366. The topological polar surface area (TPSA) is 42.3 Å². The summed E-state index contributed by atoms with van der Waals surface area (Å²) in [4.78, 5) is 27.2. The minimum Gasteiger partial charge on any atom is -0.318 e. The Morgan fingerprint density at radius 3 is 2.47 bits per heavy atom. The minimum absolute atomic E-state index is 0.111. The van der Waals surface area contributed by atoms with Gasteiger partial charge >= 0.3 is 0 Å². The molecular weight excluding hydrogens is 463 g/mol. The van der Waals surface area contributed by atoms with Gasteiger partial charge in [0.2, 0.25) is 0 Å². The summed E-state index contributed by atoms with van der Waals surface area (Å²) < 4.78 is 2.19. The zero-order chi connectivity index (χ0) is 23.2. The molecule has 0 atom stereocenters. The van der Waals surface area contributed by atoms with E-state index in [4.69, 9.17) is 23.2 Å². The molecule has 1 aliphatic heterocycles. The van der Waals surface area contributed by atoms with Gasteiger partial charge in [-0.15, -0.1) is 0 Å². The van der Waals surface area contributed by atoms with Crippen LogP contribution in [0.4, 0.5) is 4.79 Å². The van der Waals surface area contributed by atoms with Crippen LogP contribution < -0.4 is 0 Å². The van der Waals surface area contributed by atoms with Crippen molar-refractivity contribution in [1.29, 1.82) is 0 Å². The number of thioether (sulfide) groups is 1. The second-order valence-electron chi connectivity index (χ2n) is 7.88. The lowest BCUT2D eigenvalue weighted by Crippen LogP contribution is -2.27. The number of aryl methyl sites for hydroxylation is 2. The van der Waals surface area contributed by atoms with Crippen LogP contribution in [0.5, 0.6) is 0 Å². The van der Waals surface area contributed by atoms with E-state index in [0.29, 0.717) is 20.5 Å². The Kier molecular flexibility index (Phi) is 6.26. The Morgan fingerprint density at radius 2 is 1.75 bits per heavy atom. The first kappa shape index (κ1) is 22.7. The molecule has 0 N–H and O–H groups in total. The van der Waals surface area contributed by atoms with Crippen molar-refractivity contribution in [2.24, 2.45) is 0 Å². The molecule has 1 aromatic heterocycles. The number of carbonyl (C=O) groups is 2. The van der Waals surface area contributed by atoms with Crippen LogP contribution in [0.1, 0.15) is 33.6 Å². The summed E-state index contributed by atoms with van der Waals surface area (Å²) in [6.07, 6.45) is 1.80. The largest absolute Gasteiger partial charge is 0.318 e. The molecule has 4 rings (SSSR count). The normalized spacial score (nSPS) is 15.3. The lowest BCUT2D eigenvalue weighted by molar-refractivity contribution is -0.123. The van der Waals surface area contributed by atoms with E-state index in [9.17, 15) is 9.59 Å². The van der Waals surface area contributed by atoms with E-state index >= 15 is 0 Å². The maximum Gasteiger partial charge on any atom is 0.293 e. The molecule has 2 amide bonds. The van der Waals surface area contributed by atoms with Crippen molar-refractivity contribution in [1.82, 2.24) is 9.47 Å². The number of benzene rings is 2. The van der Waals surface area contributed by atoms with Crippen molar-refractivity contribution < 1.29 is 9.59 Å². The second-order valence-corrected chi connectivity index (χ2v) is 9.72. The Hall–Kier alpha value is -2.47. The van der Waals surface area contributed by atoms with Crippen LogP contribution >= 0.6 is 35.0 Å². The molecule has 32 heavy (non-hydrogen) atoms. The molecule has 1 aliphatic rings. The molecule has 0 aliphatic carbocycles. The lowest BCUT2D eigenvalue weighted by Gasteiger charge is -2.14. The van der Waals surface area contributed by atoms with Gasteiger partial charge in [0.1, 0.15) is 0 Å². The molecule has 0 unspecified atom stereocenters. The van der Waals surface area contributed by atoms with Crippen LogP contribution in [0.25, 0.3) is 11.8 Å². The third kappa shape index (κ3) is 4.13. The maximum atomic E-state index is 13.0. The first-order chi connectivity index (χ1) is 15.2. The van der Waals surface area contributed by atoms with Crippen LogP contribution in [0.3, 0.4) is 0 Å². The zero-order valence-corrected chi connectivity index (χ0v) is 20.5. The van der Waals surface area contributed by atoms with E-state index in [1.165, 1.54) is 16.0 Å². The first-order valence-electron chi connectivity index (χ1n) is 10.1. The highest BCUT2D eigenvalue weighted by Crippen LogP contribution is 2.36. The third-order valence-electron chi connectivity index (χ3n) is 5.79. The molecule has 3 aromatic rings. The summed E-state index contributed by atoms with van der Waals surface area (Å²) in [6.45, 7) is 8.38. The SMILES string of the molecule is Cc1cccc(-n2c(C)cc(/C=C3\SC(=O)N(Cc4ccc(Cl)cc4Cl)C3=O)c2C)c1C. The van der Waals surface area contributed by atoms with Crippen LogP contribution in [0.2, 0.25) is 10.0 Å². The summed E-state index contributed by atoms with van der Waals surface area (Å²) in [5, 5.41) is 0.625. The molecule has 4 nitrogen and oxygen atoms in total. The molecule has 164 valence electrons. The number of aromatic nitrogens is 1. The van der Waals surface area contributed by atoms with Crippen LogP contribution in [-0.4, -0.2) is 20.6 Å². The number of carbonyl (C=O) groups excluding carboxylic acids is 2. The van der Waals surface area contributed by atoms with E-state index in [0.717, 1.165) is 34.4 Å². The predicted molar refractivity (Wildman–Crippen MR) is 133 cm³/mol. The zero-order valence-electron chi connectivity index (χ0n) is 18.2. The highest BCUT2D eigenvalue weighted by molar-refractivity contribution is 8.18. The number of hydrogen-bond donors (Lipinski definition) is 0. The van der Waals surface area contributed by atoms with Crippen molar-refractivity contribution in [2.45, 2.75) is 34.2 Å². The molecule has 2 heterocycles. The van der Waals surface area contributed by atoms with E-state index in [1.54, 1.807) is 24.3 Å². The number of rotatable bonds is 4. The van der Waals surface area contributed by atoms with Gasteiger partial charge in [-0.25, -0.2) is 0 Å². The van der Waals surface area contributed by atoms with Crippen molar-refractivity contribution in [2.75, 3.05) is 0 Å². The van der Waals surface area contributed by atoms with Gasteiger partial charge in [-0.1, -0.05) is 41.4 Å². The van der Waals surface area contributed by atoms with Gasteiger partial charge in [0.25, 0.3) is 11.1 Å². The lowest BCUT2D eigenvalue weighted by atomic mass is 10.1. The second kappa shape index (κ2) is 8.81. The molecule has 0 saturated carbocycles. The summed E-state index contributed by atoms with van der Waals surface area (Å²) in [5.74, 6) is -0.317. The molecule has 0 bridgehead atoms. The van der Waals surface area contributed by atoms with Crippen LogP contribution in [-0.2, 0) is 11.3 Å². The average Bonchev–Trinajstić information content (AvgIpc) is 3.15. The smallest absolute Gasteiger partial charge is 0.293 e. The number of nitrogens with zero attached hydrogens (tertiary/aromatic N) is 2. The predicted octanol–water partition coefficient (Wildman–Crippen LogP) is 7.25. The van der Waals surface area contributed by atoms with Crippen LogP contribution in [0.15, 0.2) is 47.4 Å². The maximum absolute atomic E-state index is 13.0. The molecular formula is C25H22Cl2N2O2S. The Bertz CT molecular complexity index is 1290. The van der Waals surface area contributed by atoms with Crippen molar-refractivity contribution in [3.63, 3.8) is 0 Å². The van der Waals surface area contributed by atoms with E-state index in [1.807, 2.05) is 26.0 Å². The van der Waals surface area contributed by atoms with Gasteiger partial charge in [0.05, 0.1) is 11.4 Å². The van der Waals surface area contributed by atoms with Crippen LogP contribution in [0, 0.1) is 27.7 Å². The summed E-state index contributed by atoms with van der Waals surface area (Å²) in [5.41, 5.74) is 7.22.